The van der Waals surface area contributed by atoms with Gasteiger partial charge in [-0.15, -0.1) is 13.2 Å². The molecule has 0 bridgehead atoms. The van der Waals surface area contributed by atoms with Gasteiger partial charge in [-0.05, 0) is 19.0 Å². The van der Waals surface area contributed by atoms with E-state index in [1.807, 2.05) is 12.1 Å². The summed E-state index contributed by atoms with van der Waals surface area (Å²) in [4.78, 5) is 0. The van der Waals surface area contributed by atoms with Crippen molar-refractivity contribution in [1.29, 1.82) is 0 Å². The molecule has 108 valence electrons. The van der Waals surface area contributed by atoms with Crippen LogP contribution in [0.25, 0.3) is 0 Å². The fourth-order valence-corrected chi connectivity index (χ4v) is 1.50. The van der Waals surface area contributed by atoms with E-state index in [4.69, 9.17) is 4.74 Å². The molecule has 0 aliphatic rings. The van der Waals surface area contributed by atoms with Crippen molar-refractivity contribution in [3.8, 4) is 5.75 Å². The van der Waals surface area contributed by atoms with Crippen LogP contribution in [0.5, 0.6) is 5.75 Å². The van der Waals surface area contributed by atoms with Crippen molar-refractivity contribution >= 4 is 0 Å². The van der Waals surface area contributed by atoms with Gasteiger partial charge >= 0.3 is 6.36 Å². The van der Waals surface area contributed by atoms with Gasteiger partial charge in [0.15, 0.2) is 0 Å². The molecule has 1 aromatic carbocycles. The second-order valence-corrected chi connectivity index (χ2v) is 3.93. The second kappa shape index (κ2) is 8.01. The molecule has 1 rings (SSSR count). The van der Waals surface area contributed by atoms with Crippen LogP contribution in [-0.2, 0) is 11.3 Å². The second-order valence-electron chi connectivity index (χ2n) is 3.93. The summed E-state index contributed by atoms with van der Waals surface area (Å²) in [5.74, 6) is 0.580. The molecule has 0 amide bonds. The van der Waals surface area contributed by atoms with Gasteiger partial charge in [-0.25, -0.2) is 0 Å². The Hall–Kier alpha value is -1.27. The highest BCUT2D eigenvalue weighted by molar-refractivity contribution is 5.33. The van der Waals surface area contributed by atoms with Crippen molar-refractivity contribution in [2.45, 2.75) is 26.3 Å². The van der Waals surface area contributed by atoms with Crippen LogP contribution >= 0.6 is 0 Å². The lowest BCUT2D eigenvalue weighted by Crippen LogP contribution is -2.19. The minimum atomic E-state index is -4.61. The van der Waals surface area contributed by atoms with E-state index in [1.54, 1.807) is 12.1 Å². The predicted molar refractivity (Wildman–Crippen MR) is 65.9 cm³/mol. The SMILES string of the molecule is CCCNCc1ccccc1OCCOC(F)(F)F. The van der Waals surface area contributed by atoms with Gasteiger partial charge in [0.2, 0.25) is 0 Å². The highest BCUT2D eigenvalue weighted by atomic mass is 19.4. The van der Waals surface area contributed by atoms with Crippen molar-refractivity contribution in [3.63, 3.8) is 0 Å². The van der Waals surface area contributed by atoms with Crippen molar-refractivity contribution in [1.82, 2.24) is 5.32 Å². The number of benzene rings is 1. The molecule has 0 heterocycles. The average molecular weight is 277 g/mol. The summed E-state index contributed by atoms with van der Waals surface area (Å²) in [5.41, 5.74) is 0.919. The van der Waals surface area contributed by atoms with Crippen molar-refractivity contribution < 1.29 is 22.6 Å². The van der Waals surface area contributed by atoms with E-state index in [1.165, 1.54) is 0 Å². The Morgan fingerprint density at radius 2 is 1.89 bits per heavy atom. The van der Waals surface area contributed by atoms with E-state index in [2.05, 4.69) is 17.0 Å². The summed E-state index contributed by atoms with van der Waals surface area (Å²) in [7, 11) is 0. The standard InChI is InChI=1S/C13H18F3NO2/c1-2-7-17-10-11-5-3-4-6-12(11)18-8-9-19-13(14,15)16/h3-6,17H,2,7-10H2,1H3. The first kappa shape index (κ1) is 15.8. The summed E-state index contributed by atoms with van der Waals surface area (Å²) in [5, 5.41) is 3.22. The molecule has 0 aromatic heterocycles. The van der Waals surface area contributed by atoms with E-state index in [0.717, 1.165) is 18.5 Å². The molecule has 6 heteroatoms. The molecule has 3 nitrogen and oxygen atoms in total. The van der Waals surface area contributed by atoms with Crippen molar-refractivity contribution in [3.05, 3.63) is 29.8 Å². The summed E-state index contributed by atoms with van der Waals surface area (Å²) in [6.45, 7) is 2.92. The molecule has 0 atom stereocenters. The minimum absolute atomic E-state index is 0.135. The van der Waals surface area contributed by atoms with Gasteiger partial charge in [-0.1, -0.05) is 25.1 Å². The van der Waals surface area contributed by atoms with Crippen LogP contribution in [0.2, 0.25) is 0 Å². The number of ether oxygens (including phenoxy) is 2. The quantitative estimate of drug-likeness (QED) is 0.741. The topological polar surface area (TPSA) is 30.5 Å². The number of hydrogen-bond acceptors (Lipinski definition) is 3. The number of para-hydroxylation sites is 1. The third kappa shape index (κ3) is 7.03. The van der Waals surface area contributed by atoms with Gasteiger partial charge in [-0.2, -0.15) is 0 Å². The predicted octanol–water partition coefficient (Wildman–Crippen LogP) is 3.10. The maximum atomic E-state index is 11.8. The molecule has 0 unspecified atom stereocenters. The molecule has 0 aliphatic heterocycles. The number of nitrogens with one attached hydrogen (secondary N) is 1. The minimum Gasteiger partial charge on any atom is -0.491 e. The molecule has 0 fully saturated rings. The molecule has 0 aliphatic carbocycles. The third-order valence-electron chi connectivity index (χ3n) is 2.32. The van der Waals surface area contributed by atoms with Crippen LogP contribution in [-0.4, -0.2) is 26.1 Å². The highest BCUT2D eigenvalue weighted by Gasteiger charge is 2.28. The van der Waals surface area contributed by atoms with Crippen molar-refractivity contribution in [2.75, 3.05) is 19.8 Å². The summed E-state index contributed by atoms with van der Waals surface area (Å²) < 4.78 is 44.3. The zero-order valence-electron chi connectivity index (χ0n) is 10.8. The van der Waals surface area contributed by atoms with Crippen LogP contribution in [0.1, 0.15) is 18.9 Å². The molecule has 19 heavy (non-hydrogen) atoms. The number of hydrogen-bond donors (Lipinski definition) is 1. The molecule has 1 aromatic rings. The zero-order valence-corrected chi connectivity index (χ0v) is 10.8. The van der Waals surface area contributed by atoms with E-state index in [9.17, 15) is 13.2 Å². The first-order valence-corrected chi connectivity index (χ1v) is 6.15. The number of halogens is 3. The van der Waals surface area contributed by atoms with Gasteiger partial charge in [0.1, 0.15) is 12.4 Å². The lowest BCUT2D eigenvalue weighted by atomic mass is 10.2. The largest absolute Gasteiger partial charge is 0.522 e. The Morgan fingerprint density at radius 3 is 2.58 bits per heavy atom. The smallest absolute Gasteiger partial charge is 0.491 e. The Kier molecular flexibility index (Phi) is 6.66. The monoisotopic (exact) mass is 277 g/mol. The first-order valence-electron chi connectivity index (χ1n) is 6.15. The Labute approximate surface area is 110 Å². The molecule has 0 spiro atoms. The zero-order chi connectivity index (χ0) is 14.1. The summed E-state index contributed by atoms with van der Waals surface area (Å²) in [6, 6.07) is 7.25. The van der Waals surface area contributed by atoms with Gasteiger partial charge in [0, 0.05) is 12.1 Å². The Bertz CT molecular complexity index is 369. The normalized spacial score (nSPS) is 11.6. The lowest BCUT2D eigenvalue weighted by molar-refractivity contribution is -0.325. The van der Waals surface area contributed by atoms with Gasteiger partial charge in [0.05, 0.1) is 6.61 Å². The summed E-state index contributed by atoms with van der Waals surface area (Å²) >= 11 is 0. The first-order chi connectivity index (χ1) is 9.03. The molecule has 0 saturated heterocycles. The van der Waals surface area contributed by atoms with Crippen LogP contribution in [0.3, 0.4) is 0 Å². The maximum Gasteiger partial charge on any atom is 0.522 e. The average Bonchev–Trinajstić information content (AvgIpc) is 2.35. The molecule has 0 saturated carbocycles. The molecule has 1 N–H and O–H groups in total. The van der Waals surface area contributed by atoms with E-state index in [0.29, 0.717) is 12.3 Å². The maximum absolute atomic E-state index is 11.8. The summed E-state index contributed by atoms with van der Waals surface area (Å²) in [6.07, 6.45) is -3.59. The lowest BCUT2D eigenvalue weighted by Gasteiger charge is -2.12. The Morgan fingerprint density at radius 1 is 1.16 bits per heavy atom. The van der Waals surface area contributed by atoms with Gasteiger partial charge in [0.25, 0.3) is 0 Å². The molecule has 0 radical (unpaired) electrons. The fraction of sp³-hybridized carbons (Fsp3) is 0.538. The number of alkyl halides is 3. The van der Waals surface area contributed by atoms with Gasteiger partial charge < -0.3 is 10.1 Å². The van der Waals surface area contributed by atoms with E-state index < -0.39 is 13.0 Å². The van der Waals surface area contributed by atoms with Crippen LogP contribution in [0, 0.1) is 0 Å². The third-order valence-corrected chi connectivity index (χ3v) is 2.32. The van der Waals surface area contributed by atoms with E-state index in [-0.39, 0.29) is 6.61 Å². The molecular formula is C13H18F3NO2. The highest BCUT2D eigenvalue weighted by Crippen LogP contribution is 2.19. The van der Waals surface area contributed by atoms with Crippen LogP contribution < -0.4 is 10.1 Å². The number of rotatable bonds is 8. The fourth-order valence-electron chi connectivity index (χ4n) is 1.50. The van der Waals surface area contributed by atoms with Gasteiger partial charge in [-0.3, -0.25) is 4.74 Å². The van der Waals surface area contributed by atoms with Crippen LogP contribution in [0.4, 0.5) is 13.2 Å². The van der Waals surface area contributed by atoms with Crippen molar-refractivity contribution in [2.24, 2.45) is 0 Å². The van der Waals surface area contributed by atoms with E-state index >= 15 is 0 Å². The van der Waals surface area contributed by atoms with Crippen LogP contribution in [0.15, 0.2) is 24.3 Å². The molecular weight excluding hydrogens is 259 g/mol. The Balaban J connectivity index is 2.39.